The summed E-state index contributed by atoms with van der Waals surface area (Å²) in [5.41, 5.74) is 1.52. The maximum absolute atomic E-state index is 2.23. The summed E-state index contributed by atoms with van der Waals surface area (Å²) in [4.78, 5) is 0. The predicted molar refractivity (Wildman–Crippen MR) is 51.7 cm³/mol. The van der Waals surface area contributed by atoms with Gasteiger partial charge in [-0.25, -0.2) is 0 Å². The van der Waals surface area contributed by atoms with Gasteiger partial charge in [0.25, 0.3) is 0 Å². The summed E-state index contributed by atoms with van der Waals surface area (Å²) in [7, 11) is 0. The molecule has 0 aromatic rings. The van der Waals surface area contributed by atoms with E-state index in [1.165, 1.54) is 29.9 Å². The highest BCUT2D eigenvalue weighted by molar-refractivity contribution is 7.99. The Morgan fingerprint density at radius 1 is 1.40 bits per heavy atom. The predicted octanol–water partition coefficient (Wildman–Crippen LogP) is 3.49. The number of thioether (sulfide) groups is 1. The molecule has 0 aromatic carbocycles. The van der Waals surface area contributed by atoms with Gasteiger partial charge in [-0.05, 0) is 38.2 Å². The third kappa shape index (κ3) is 6.21. The molecule has 0 nitrogen and oxygen atoms in total. The number of hydrogen-bond donors (Lipinski definition) is 0. The molecule has 1 heteroatoms. The fourth-order valence-electron chi connectivity index (χ4n) is 0.624. The lowest BCUT2D eigenvalue weighted by molar-refractivity contribution is 1.08. The fourth-order valence-corrected chi connectivity index (χ4v) is 1.58. The SMILES string of the molecule is C/C=C(\C)CCSCCC. The average Bonchev–Trinajstić information content (AvgIpc) is 1.98. The minimum atomic E-state index is 1.27. The third-order valence-electron chi connectivity index (χ3n) is 1.48. The van der Waals surface area contributed by atoms with E-state index in [0.717, 1.165) is 0 Å². The molecule has 0 aliphatic rings. The average molecular weight is 158 g/mol. The minimum Gasteiger partial charge on any atom is -0.162 e. The van der Waals surface area contributed by atoms with Crippen LogP contribution in [-0.4, -0.2) is 11.5 Å². The molecule has 0 rings (SSSR count). The van der Waals surface area contributed by atoms with Crippen LogP contribution in [0.3, 0.4) is 0 Å². The van der Waals surface area contributed by atoms with Crippen LogP contribution in [0, 0.1) is 0 Å². The molecule has 10 heavy (non-hydrogen) atoms. The highest BCUT2D eigenvalue weighted by Crippen LogP contribution is 2.08. The monoisotopic (exact) mass is 158 g/mol. The van der Waals surface area contributed by atoms with Crippen LogP contribution in [0.1, 0.15) is 33.6 Å². The molecular formula is C9H18S. The largest absolute Gasteiger partial charge is 0.162 e. The summed E-state index contributed by atoms with van der Waals surface area (Å²) in [6, 6.07) is 0. The van der Waals surface area contributed by atoms with Gasteiger partial charge in [0, 0.05) is 0 Å². The Hall–Kier alpha value is 0.0900. The van der Waals surface area contributed by atoms with E-state index in [9.17, 15) is 0 Å². The second-order valence-electron chi connectivity index (χ2n) is 2.50. The van der Waals surface area contributed by atoms with Crippen LogP contribution in [0.5, 0.6) is 0 Å². The molecule has 0 fully saturated rings. The normalized spacial score (nSPS) is 12.1. The minimum absolute atomic E-state index is 1.27. The molecule has 0 bridgehead atoms. The number of rotatable bonds is 5. The van der Waals surface area contributed by atoms with Crippen LogP contribution in [0.25, 0.3) is 0 Å². The maximum Gasteiger partial charge on any atom is -0.00303 e. The van der Waals surface area contributed by atoms with Gasteiger partial charge in [-0.1, -0.05) is 18.6 Å². The molecule has 0 unspecified atom stereocenters. The Bertz CT molecular complexity index is 94.9. The fraction of sp³-hybridized carbons (Fsp3) is 0.778. The van der Waals surface area contributed by atoms with Crippen molar-refractivity contribution in [1.82, 2.24) is 0 Å². The summed E-state index contributed by atoms with van der Waals surface area (Å²) in [5.74, 6) is 2.61. The number of hydrogen-bond acceptors (Lipinski definition) is 1. The highest BCUT2D eigenvalue weighted by atomic mass is 32.2. The molecule has 0 aromatic heterocycles. The molecule has 60 valence electrons. The summed E-state index contributed by atoms with van der Waals surface area (Å²) in [5, 5.41) is 0. The molecule has 0 aliphatic carbocycles. The van der Waals surface area contributed by atoms with Gasteiger partial charge in [-0.3, -0.25) is 0 Å². The van der Waals surface area contributed by atoms with E-state index in [2.05, 4.69) is 38.6 Å². The van der Waals surface area contributed by atoms with Gasteiger partial charge < -0.3 is 0 Å². The first-order valence-electron chi connectivity index (χ1n) is 4.00. The molecular weight excluding hydrogens is 140 g/mol. The zero-order valence-electron chi connectivity index (χ0n) is 7.31. The van der Waals surface area contributed by atoms with Crippen molar-refractivity contribution in [3.05, 3.63) is 11.6 Å². The van der Waals surface area contributed by atoms with Gasteiger partial charge in [-0.2, -0.15) is 11.8 Å². The van der Waals surface area contributed by atoms with E-state index in [1.54, 1.807) is 0 Å². The van der Waals surface area contributed by atoms with E-state index in [-0.39, 0.29) is 0 Å². The van der Waals surface area contributed by atoms with E-state index >= 15 is 0 Å². The van der Waals surface area contributed by atoms with Crippen molar-refractivity contribution in [2.45, 2.75) is 33.6 Å². The summed E-state index contributed by atoms with van der Waals surface area (Å²) < 4.78 is 0. The van der Waals surface area contributed by atoms with Crippen molar-refractivity contribution in [3.63, 3.8) is 0 Å². The Morgan fingerprint density at radius 3 is 2.60 bits per heavy atom. The third-order valence-corrected chi connectivity index (χ3v) is 2.67. The van der Waals surface area contributed by atoms with Crippen molar-refractivity contribution in [2.75, 3.05) is 11.5 Å². The Morgan fingerprint density at radius 2 is 2.10 bits per heavy atom. The lowest BCUT2D eigenvalue weighted by Gasteiger charge is -1.98. The number of allylic oxidation sites excluding steroid dienone is 2. The van der Waals surface area contributed by atoms with Gasteiger partial charge in [0.2, 0.25) is 0 Å². The van der Waals surface area contributed by atoms with Gasteiger partial charge in [0.1, 0.15) is 0 Å². The van der Waals surface area contributed by atoms with Gasteiger partial charge in [0.05, 0.1) is 0 Å². The van der Waals surface area contributed by atoms with Crippen LogP contribution in [0.4, 0.5) is 0 Å². The Kier molecular flexibility index (Phi) is 7.26. The van der Waals surface area contributed by atoms with Crippen molar-refractivity contribution >= 4 is 11.8 Å². The molecule has 0 saturated heterocycles. The van der Waals surface area contributed by atoms with Gasteiger partial charge in [-0.15, -0.1) is 0 Å². The van der Waals surface area contributed by atoms with Crippen LogP contribution in [-0.2, 0) is 0 Å². The van der Waals surface area contributed by atoms with Crippen LogP contribution < -0.4 is 0 Å². The molecule has 0 atom stereocenters. The van der Waals surface area contributed by atoms with Gasteiger partial charge >= 0.3 is 0 Å². The molecule has 0 saturated carbocycles. The molecule has 0 spiro atoms. The first-order valence-corrected chi connectivity index (χ1v) is 5.16. The second-order valence-corrected chi connectivity index (χ2v) is 3.72. The van der Waals surface area contributed by atoms with Crippen LogP contribution >= 0.6 is 11.8 Å². The summed E-state index contributed by atoms with van der Waals surface area (Å²) >= 11 is 2.06. The quantitative estimate of drug-likeness (QED) is 0.436. The molecule has 0 N–H and O–H groups in total. The zero-order chi connectivity index (χ0) is 7.82. The summed E-state index contributed by atoms with van der Waals surface area (Å²) in [6.07, 6.45) is 4.77. The Labute approximate surface area is 69.1 Å². The molecule has 0 heterocycles. The van der Waals surface area contributed by atoms with Crippen molar-refractivity contribution in [3.8, 4) is 0 Å². The van der Waals surface area contributed by atoms with E-state index in [0.29, 0.717) is 0 Å². The van der Waals surface area contributed by atoms with Gasteiger partial charge in [0.15, 0.2) is 0 Å². The Balaban J connectivity index is 3.04. The lowest BCUT2D eigenvalue weighted by Crippen LogP contribution is -1.83. The first-order chi connectivity index (χ1) is 4.81. The molecule has 0 radical (unpaired) electrons. The van der Waals surface area contributed by atoms with E-state index < -0.39 is 0 Å². The second kappa shape index (κ2) is 7.20. The molecule has 0 amide bonds. The standard InChI is InChI=1S/C9H18S/c1-4-7-10-8-6-9(3)5-2/h5H,4,6-8H2,1-3H3/b9-5+. The maximum atomic E-state index is 2.23. The van der Waals surface area contributed by atoms with E-state index in [1.807, 2.05) is 0 Å². The van der Waals surface area contributed by atoms with Crippen molar-refractivity contribution in [1.29, 1.82) is 0 Å². The van der Waals surface area contributed by atoms with Crippen molar-refractivity contribution < 1.29 is 0 Å². The topological polar surface area (TPSA) is 0 Å². The highest BCUT2D eigenvalue weighted by Gasteiger charge is 1.88. The van der Waals surface area contributed by atoms with Crippen LogP contribution in [0.15, 0.2) is 11.6 Å². The first kappa shape index (κ1) is 10.1. The van der Waals surface area contributed by atoms with Crippen molar-refractivity contribution in [2.24, 2.45) is 0 Å². The lowest BCUT2D eigenvalue weighted by atomic mass is 10.2. The van der Waals surface area contributed by atoms with E-state index in [4.69, 9.17) is 0 Å². The van der Waals surface area contributed by atoms with Crippen LogP contribution in [0.2, 0.25) is 0 Å². The molecule has 0 aliphatic heterocycles. The smallest absolute Gasteiger partial charge is 0.00303 e. The zero-order valence-corrected chi connectivity index (χ0v) is 8.13. The summed E-state index contributed by atoms with van der Waals surface area (Å²) in [6.45, 7) is 6.54.